The molecule has 0 bridgehead atoms. The standard InChI is InChI=1S/C22H32O3/c1-21(13-14-21)11-4-2-7-17-8-6-10-19(23)18(17)9-3-5-12-22(15-16-22)20(24)25/h6,8,10,23H,2-5,7,9,11-16H2,1H3,(H,24,25). The van der Waals surface area contributed by atoms with Crippen molar-refractivity contribution in [3.8, 4) is 5.75 Å². The molecule has 138 valence electrons. The molecule has 0 heterocycles. The molecule has 25 heavy (non-hydrogen) atoms. The Morgan fingerprint density at radius 1 is 1.00 bits per heavy atom. The van der Waals surface area contributed by atoms with Gasteiger partial charge in [0.2, 0.25) is 0 Å². The van der Waals surface area contributed by atoms with Crippen LogP contribution in [0.2, 0.25) is 0 Å². The van der Waals surface area contributed by atoms with Gasteiger partial charge in [-0.2, -0.15) is 0 Å². The number of phenolic OH excluding ortho intramolecular Hbond substituents is 1. The number of aromatic hydroxyl groups is 1. The van der Waals surface area contributed by atoms with Gasteiger partial charge >= 0.3 is 5.97 Å². The molecule has 3 rings (SSSR count). The van der Waals surface area contributed by atoms with Crippen LogP contribution < -0.4 is 0 Å². The summed E-state index contributed by atoms with van der Waals surface area (Å²) < 4.78 is 0. The third kappa shape index (κ3) is 4.77. The van der Waals surface area contributed by atoms with Crippen molar-refractivity contribution < 1.29 is 15.0 Å². The molecule has 2 saturated carbocycles. The fraction of sp³-hybridized carbons (Fsp3) is 0.682. The highest BCUT2D eigenvalue weighted by atomic mass is 16.4. The Balaban J connectivity index is 1.45. The number of hydrogen-bond acceptors (Lipinski definition) is 2. The Morgan fingerprint density at radius 2 is 1.68 bits per heavy atom. The van der Waals surface area contributed by atoms with Gasteiger partial charge in [-0.1, -0.05) is 31.9 Å². The molecule has 2 aliphatic carbocycles. The van der Waals surface area contributed by atoms with Gasteiger partial charge in [0, 0.05) is 0 Å². The van der Waals surface area contributed by atoms with E-state index in [9.17, 15) is 15.0 Å². The lowest BCUT2D eigenvalue weighted by Gasteiger charge is -2.13. The maximum absolute atomic E-state index is 11.2. The average Bonchev–Trinajstić information content (AvgIpc) is 3.48. The fourth-order valence-electron chi connectivity index (χ4n) is 3.96. The number of carbonyl (C=O) groups is 1. The molecular weight excluding hydrogens is 312 g/mol. The molecule has 3 heteroatoms. The van der Waals surface area contributed by atoms with Crippen LogP contribution >= 0.6 is 0 Å². The Bertz CT molecular complexity index is 612. The molecule has 0 aliphatic heterocycles. The normalized spacial score (nSPS) is 19.6. The Morgan fingerprint density at radius 3 is 2.32 bits per heavy atom. The van der Waals surface area contributed by atoms with Crippen LogP contribution in [0, 0.1) is 10.8 Å². The summed E-state index contributed by atoms with van der Waals surface area (Å²) in [5.74, 6) is -0.217. The lowest BCUT2D eigenvalue weighted by molar-refractivity contribution is -0.143. The topological polar surface area (TPSA) is 57.5 Å². The lowest BCUT2D eigenvalue weighted by atomic mass is 9.93. The Hall–Kier alpha value is -1.51. The van der Waals surface area contributed by atoms with Crippen LogP contribution in [0.1, 0.15) is 82.3 Å². The highest BCUT2D eigenvalue weighted by molar-refractivity contribution is 5.77. The van der Waals surface area contributed by atoms with Crippen molar-refractivity contribution in [2.75, 3.05) is 0 Å². The van der Waals surface area contributed by atoms with E-state index in [0.29, 0.717) is 11.2 Å². The highest BCUT2D eigenvalue weighted by Crippen LogP contribution is 2.50. The Labute approximate surface area is 151 Å². The molecule has 0 saturated heterocycles. The minimum atomic E-state index is -0.625. The smallest absolute Gasteiger partial charge is 0.309 e. The van der Waals surface area contributed by atoms with E-state index < -0.39 is 11.4 Å². The summed E-state index contributed by atoms with van der Waals surface area (Å²) in [5.41, 5.74) is 2.58. The monoisotopic (exact) mass is 344 g/mol. The van der Waals surface area contributed by atoms with Gasteiger partial charge < -0.3 is 10.2 Å². The van der Waals surface area contributed by atoms with E-state index in [-0.39, 0.29) is 0 Å². The highest BCUT2D eigenvalue weighted by Gasteiger charge is 2.49. The van der Waals surface area contributed by atoms with Gasteiger partial charge in [0.05, 0.1) is 5.41 Å². The summed E-state index contributed by atoms with van der Waals surface area (Å²) >= 11 is 0. The van der Waals surface area contributed by atoms with Crippen molar-refractivity contribution in [1.29, 1.82) is 0 Å². The first kappa shape index (κ1) is 18.3. The van der Waals surface area contributed by atoms with Crippen LogP contribution in [0.4, 0.5) is 0 Å². The molecule has 0 spiro atoms. The van der Waals surface area contributed by atoms with Gasteiger partial charge in [0.15, 0.2) is 0 Å². The van der Waals surface area contributed by atoms with E-state index in [1.54, 1.807) is 6.07 Å². The summed E-state index contributed by atoms with van der Waals surface area (Å²) in [4.78, 5) is 11.2. The van der Waals surface area contributed by atoms with Gasteiger partial charge in [-0.25, -0.2) is 0 Å². The van der Waals surface area contributed by atoms with E-state index in [1.807, 2.05) is 6.07 Å². The maximum atomic E-state index is 11.2. The molecular formula is C22H32O3. The van der Waals surface area contributed by atoms with Crippen molar-refractivity contribution in [3.05, 3.63) is 29.3 Å². The minimum absolute atomic E-state index is 0.408. The van der Waals surface area contributed by atoms with Crippen LogP contribution in [-0.2, 0) is 17.6 Å². The SMILES string of the molecule is CC1(CCCCc2cccc(O)c2CCCCC2(C(=O)O)CC2)CC1. The number of phenols is 1. The zero-order valence-corrected chi connectivity index (χ0v) is 15.5. The van der Waals surface area contributed by atoms with Gasteiger partial charge in [0.1, 0.15) is 5.75 Å². The Kier molecular flexibility index (Phi) is 5.41. The number of aliphatic carboxylic acids is 1. The van der Waals surface area contributed by atoms with Crippen molar-refractivity contribution in [3.63, 3.8) is 0 Å². The third-order valence-corrected chi connectivity index (χ3v) is 6.47. The molecule has 0 unspecified atom stereocenters. The fourth-order valence-corrected chi connectivity index (χ4v) is 3.96. The molecule has 2 N–H and O–H groups in total. The van der Waals surface area contributed by atoms with E-state index in [0.717, 1.165) is 50.5 Å². The number of hydrogen-bond donors (Lipinski definition) is 2. The van der Waals surface area contributed by atoms with Gasteiger partial charge in [-0.3, -0.25) is 4.79 Å². The van der Waals surface area contributed by atoms with E-state index in [1.165, 1.54) is 37.7 Å². The molecule has 0 amide bonds. The first-order chi connectivity index (χ1) is 11.9. The van der Waals surface area contributed by atoms with Crippen LogP contribution in [0.5, 0.6) is 5.75 Å². The maximum Gasteiger partial charge on any atom is 0.309 e. The number of unbranched alkanes of at least 4 members (excludes halogenated alkanes) is 2. The summed E-state index contributed by atoms with van der Waals surface area (Å²) in [5, 5.41) is 19.5. The minimum Gasteiger partial charge on any atom is -0.508 e. The number of aryl methyl sites for hydroxylation is 1. The number of carboxylic acid groups (broad SMARTS) is 1. The first-order valence-corrected chi connectivity index (χ1v) is 9.97. The van der Waals surface area contributed by atoms with Crippen molar-refractivity contribution in [2.24, 2.45) is 10.8 Å². The molecule has 1 aromatic carbocycles. The number of carboxylic acids is 1. The lowest BCUT2D eigenvalue weighted by Crippen LogP contribution is -2.14. The molecule has 3 nitrogen and oxygen atoms in total. The third-order valence-electron chi connectivity index (χ3n) is 6.47. The quantitative estimate of drug-likeness (QED) is 0.522. The zero-order chi connectivity index (χ0) is 17.9. The summed E-state index contributed by atoms with van der Waals surface area (Å²) in [6.45, 7) is 2.39. The molecule has 2 aliphatic rings. The number of rotatable bonds is 11. The average molecular weight is 344 g/mol. The van der Waals surface area contributed by atoms with Crippen molar-refractivity contribution >= 4 is 5.97 Å². The second kappa shape index (κ2) is 7.39. The largest absolute Gasteiger partial charge is 0.508 e. The summed E-state index contributed by atoms with van der Waals surface area (Å²) in [7, 11) is 0. The van der Waals surface area contributed by atoms with E-state index in [2.05, 4.69) is 13.0 Å². The van der Waals surface area contributed by atoms with Crippen molar-refractivity contribution in [2.45, 2.75) is 84.0 Å². The first-order valence-electron chi connectivity index (χ1n) is 9.97. The van der Waals surface area contributed by atoms with E-state index >= 15 is 0 Å². The van der Waals surface area contributed by atoms with Gasteiger partial charge in [-0.15, -0.1) is 0 Å². The molecule has 0 atom stereocenters. The van der Waals surface area contributed by atoms with Crippen LogP contribution in [0.3, 0.4) is 0 Å². The van der Waals surface area contributed by atoms with E-state index in [4.69, 9.17) is 0 Å². The zero-order valence-electron chi connectivity index (χ0n) is 15.5. The van der Waals surface area contributed by atoms with Crippen LogP contribution in [0.15, 0.2) is 18.2 Å². The van der Waals surface area contributed by atoms with Gasteiger partial charge in [0.25, 0.3) is 0 Å². The van der Waals surface area contributed by atoms with Crippen molar-refractivity contribution in [1.82, 2.24) is 0 Å². The predicted molar refractivity (Wildman–Crippen MR) is 99.9 cm³/mol. The predicted octanol–water partition coefficient (Wildman–Crippen LogP) is 5.48. The molecule has 0 radical (unpaired) electrons. The van der Waals surface area contributed by atoms with Gasteiger partial charge in [-0.05, 0) is 86.8 Å². The number of benzene rings is 1. The van der Waals surface area contributed by atoms with Crippen LogP contribution in [0.25, 0.3) is 0 Å². The summed E-state index contributed by atoms with van der Waals surface area (Å²) in [6, 6.07) is 5.87. The second-order valence-electron chi connectivity index (χ2n) is 8.73. The molecule has 1 aromatic rings. The summed E-state index contributed by atoms with van der Waals surface area (Å²) in [6.07, 6.45) is 12.8. The molecule has 0 aromatic heterocycles. The second-order valence-corrected chi connectivity index (χ2v) is 8.73. The molecule has 2 fully saturated rings. The van der Waals surface area contributed by atoms with Crippen LogP contribution in [-0.4, -0.2) is 16.2 Å².